The molecule has 0 aliphatic heterocycles. The molecule has 0 radical (unpaired) electrons. The fourth-order valence-corrected chi connectivity index (χ4v) is 1.84. The Morgan fingerprint density at radius 2 is 2.05 bits per heavy atom. The first-order valence-electron chi connectivity index (χ1n) is 6.90. The number of carbonyl (C=O) groups is 1. The van der Waals surface area contributed by atoms with E-state index >= 15 is 0 Å². The number of hydrogen-bond acceptors (Lipinski definition) is 4. The molecule has 0 aromatic heterocycles. The molecule has 110 valence electrons. The van der Waals surface area contributed by atoms with E-state index in [2.05, 4.69) is 17.6 Å². The lowest BCUT2D eigenvalue weighted by Crippen LogP contribution is -2.22. The van der Waals surface area contributed by atoms with E-state index < -0.39 is 4.92 Å². The number of anilines is 1. The Morgan fingerprint density at radius 3 is 2.65 bits per heavy atom. The molecule has 0 bridgehead atoms. The van der Waals surface area contributed by atoms with E-state index in [1.54, 1.807) is 0 Å². The van der Waals surface area contributed by atoms with E-state index in [1.807, 2.05) is 6.92 Å². The molecule has 0 spiro atoms. The second kappa shape index (κ2) is 8.14. The van der Waals surface area contributed by atoms with E-state index in [-0.39, 0.29) is 11.6 Å². The third-order valence-electron chi connectivity index (χ3n) is 2.89. The van der Waals surface area contributed by atoms with E-state index in [9.17, 15) is 14.9 Å². The highest BCUT2D eigenvalue weighted by molar-refractivity contribution is 5.95. The minimum Gasteiger partial charge on any atom is -0.379 e. The average molecular weight is 279 g/mol. The summed E-state index contributed by atoms with van der Waals surface area (Å²) in [6, 6.07) is 4.38. The van der Waals surface area contributed by atoms with Gasteiger partial charge in [0.05, 0.1) is 4.92 Å². The molecule has 0 aliphatic carbocycles. The van der Waals surface area contributed by atoms with Crippen molar-refractivity contribution in [2.24, 2.45) is 0 Å². The number of nitro groups is 1. The number of nitrogens with one attached hydrogen (secondary N) is 2. The van der Waals surface area contributed by atoms with Gasteiger partial charge in [-0.3, -0.25) is 14.9 Å². The molecule has 1 amide bonds. The van der Waals surface area contributed by atoms with Crippen LogP contribution in [0.4, 0.5) is 11.4 Å². The summed E-state index contributed by atoms with van der Waals surface area (Å²) in [7, 11) is 0. The summed E-state index contributed by atoms with van der Waals surface area (Å²) in [4.78, 5) is 22.3. The van der Waals surface area contributed by atoms with Gasteiger partial charge >= 0.3 is 0 Å². The average Bonchev–Trinajstić information content (AvgIpc) is 2.43. The molecule has 0 saturated heterocycles. The van der Waals surface area contributed by atoms with Gasteiger partial charge in [-0.2, -0.15) is 0 Å². The molecule has 0 aliphatic rings. The summed E-state index contributed by atoms with van der Waals surface area (Å²) in [5, 5.41) is 16.7. The molecule has 0 saturated carbocycles. The maximum absolute atomic E-state index is 11.7. The van der Waals surface area contributed by atoms with Crippen LogP contribution in [0.2, 0.25) is 0 Å². The Kier molecular flexibility index (Phi) is 6.49. The van der Waals surface area contributed by atoms with Gasteiger partial charge < -0.3 is 10.6 Å². The van der Waals surface area contributed by atoms with E-state index in [0.717, 1.165) is 19.3 Å². The van der Waals surface area contributed by atoms with Gasteiger partial charge in [-0.25, -0.2) is 0 Å². The molecule has 20 heavy (non-hydrogen) atoms. The number of hydrogen-bond donors (Lipinski definition) is 2. The van der Waals surface area contributed by atoms with Crippen molar-refractivity contribution in [3.63, 3.8) is 0 Å². The number of nitro benzene ring substituents is 1. The Balaban J connectivity index is 2.88. The molecule has 6 heteroatoms. The van der Waals surface area contributed by atoms with Gasteiger partial charge in [-0.1, -0.05) is 19.8 Å². The minimum absolute atomic E-state index is 0.00505. The van der Waals surface area contributed by atoms with Crippen molar-refractivity contribution in [3.05, 3.63) is 33.9 Å². The lowest BCUT2D eigenvalue weighted by atomic mass is 10.1. The SMILES string of the molecule is CCCCCNc1cc(C(=O)NCC)ccc1[N+](=O)[O-]. The monoisotopic (exact) mass is 279 g/mol. The summed E-state index contributed by atoms with van der Waals surface area (Å²) in [5.41, 5.74) is 0.819. The lowest BCUT2D eigenvalue weighted by Gasteiger charge is -2.09. The molecular formula is C14H21N3O3. The number of carbonyl (C=O) groups excluding carboxylic acids is 1. The molecule has 0 atom stereocenters. The summed E-state index contributed by atoms with van der Waals surface area (Å²) >= 11 is 0. The zero-order valence-electron chi connectivity index (χ0n) is 11.9. The molecule has 0 unspecified atom stereocenters. The molecule has 1 aromatic rings. The van der Waals surface area contributed by atoms with Crippen molar-refractivity contribution in [2.75, 3.05) is 18.4 Å². The van der Waals surface area contributed by atoms with Gasteiger partial charge in [-0.05, 0) is 25.5 Å². The Hall–Kier alpha value is -2.11. The lowest BCUT2D eigenvalue weighted by molar-refractivity contribution is -0.384. The first-order chi connectivity index (χ1) is 9.60. The summed E-state index contributed by atoms with van der Waals surface area (Å²) in [6.45, 7) is 5.11. The Morgan fingerprint density at radius 1 is 1.30 bits per heavy atom. The van der Waals surface area contributed by atoms with Gasteiger partial charge in [0.2, 0.25) is 0 Å². The fourth-order valence-electron chi connectivity index (χ4n) is 1.84. The first-order valence-corrected chi connectivity index (χ1v) is 6.90. The van der Waals surface area contributed by atoms with Crippen LogP contribution in [0, 0.1) is 10.1 Å². The van der Waals surface area contributed by atoms with Gasteiger partial charge in [0.15, 0.2) is 0 Å². The smallest absolute Gasteiger partial charge is 0.292 e. The van der Waals surface area contributed by atoms with Crippen LogP contribution in [0.25, 0.3) is 0 Å². The highest BCUT2D eigenvalue weighted by atomic mass is 16.6. The maximum atomic E-state index is 11.7. The van der Waals surface area contributed by atoms with Crippen LogP contribution in [-0.4, -0.2) is 23.9 Å². The molecule has 0 heterocycles. The van der Waals surface area contributed by atoms with Gasteiger partial charge in [0.25, 0.3) is 11.6 Å². The van der Waals surface area contributed by atoms with Crippen LogP contribution in [0.5, 0.6) is 0 Å². The van der Waals surface area contributed by atoms with E-state index in [4.69, 9.17) is 0 Å². The van der Waals surface area contributed by atoms with Crippen molar-refractivity contribution in [2.45, 2.75) is 33.1 Å². The molecule has 6 nitrogen and oxygen atoms in total. The molecule has 0 fully saturated rings. The molecule has 1 rings (SSSR count). The highest BCUT2D eigenvalue weighted by Gasteiger charge is 2.16. The van der Waals surface area contributed by atoms with Crippen LogP contribution >= 0.6 is 0 Å². The van der Waals surface area contributed by atoms with Crippen LogP contribution in [-0.2, 0) is 0 Å². The zero-order chi connectivity index (χ0) is 15.0. The topological polar surface area (TPSA) is 84.3 Å². The largest absolute Gasteiger partial charge is 0.379 e. The molecular weight excluding hydrogens is 258 g/mol. The van der Waals surface area contributed by atoms with E-state index in [1.165, 1.54) is 18.2 Å². The predicted molar refractivity (Wildman–Crippen MR) is 79.1 cm³/mol. The van der Waals surface area contributed by atoms with Crippen LogP contribution in [0.1, 0.15) is 43.5 Å². The maximum Gasteiger partial charge on any atom is 0.292 e. The fraction of sp³-hybridized carbons (Fsp3) is 0.500. The third kappa shape index (κ3) is 4.53. The highest BCUT2D eigenvalue weighted by Crippen LogP contribution is 2.25. The Bertz CT molecular complexity index is 475. The third-order valence-corrected chi connectivity index (χ3v) is 2.89. The van der Waals surface area contributed by atoms with Gasteiger partial charge in [-0.15, -0.1) is 0 Å². The van der Waals surface area contributed by atoms with Crippen molar-refractivity contribution in [3.8, 4) is 0 Å². The van der Waals surface area contributed by atoms with Crippen molar-refractivity contribution >= 4 is 17.3 Å². The minimum atomic E-state index is -0.441. The van der Waals surface area contributed by atoms with Crippen LogP contribution < -0.4 is 10.6 Å². The second-order valence-corrected chi connectivity index (χ2v) is 4.48. The number of unbranched alkanes of at least 4 members (excludes halogenated alkanes) is 2. The number of nitrogens with zero attached hydrogens (tertiary/aromatic N) is 1. The van der Waals surface area contributed by atoms with Crippen molar-refractivity contribution < 1.29 is 9.72 Å². The quantitative estimate of drug-likeness (QED) is 0.435. The number of benzene rings is 1. The van der Waals surface area contributed by atoms with Crippen molar-refractivity contribution in [1.29, 1.82) is 0 Å². The second-order valence-electron chi connectivity index (χ2n) is 4.48. The zero-order valence-corrected chi connectivity index (χ0v) is 11.9. The van der Waals surface area contributed by atoms with E-state index in [0.29, 0.717) is 24.3 Å². The molecule has 2 N–H and O–H groups in total. The summed E-state index contributed by atoms with van der Waals surface area (Å²) < 4.78 is 0. The standard InChI is InChI=1S/C14H21N3O3/c1-3-5-6-9-16-12-10-11(14(18)15-4-2)7-8-13(12)17(19)20/h7-8,10,16H,3-6,9H2,1-2H3,(H,15,18). The Labute approximate surface area is 118 Å². The normalized spacial score (nSPS) is 10.1. The number of rotatable bonds is 8. The molecule has 1 aromatic carbocycles. The predicted octanol–water partition coefficient (Wildman–Crippen LogP) is 2.95. The van der Waals surface area contributed by atoms with Crippen LogP contribution in [0.3, 0.4) is 0 Å². The van der Waals surface area contributed by atoms with Gasteiger partial charge in [0, 0.05) is 24.7 Å². The van der Waals surface area contributed by atoms with Crippen molar-refractivity contribution in [1.82, 2.24) is 5.32 Å². The summed E-state index contributed by atoms with van der Waals surface area (Å²) in [6.07, 6.45) is 3.10. The first kappa shape index (κ1) is 15.9. The number of amides is 1. The summed E-state index contributed by atoms with van der Waals surface area (Å²) in [5.74, 6) is -0.223. The van der Waals surface area contributed by atoms with Gasteiger partial charge in [0.1, 0.15) is 5.69 Å². The van der Waals surface area contributed by atoms with Crippen LogP contribution in [0.15, 0.2) is 18.2 Å².